The maximum atomic E-state index is 12.2. The number of amides is 2. The summed E-state index contributed by atoms with van der Waals surface area (Å²) in [6, 6.07) is 14.3. The average molecular weight is 399 g/mol. The lowest BCUT2D eigenvalue weighted by Crippen LogP contribution is -2.19. The summed E-state index contributed by atoms with van der Waals surface area (Å²) in [5.41, 5.74) is 1.91. The van der Waals surface area contributed by atoms with Gasteiger partial charge in [-0.1, -0.05) is 26.8 Å². The van der Waals surface area contributed by atoms with Crippen molar-refractivity contribution >= 4 is 40.7 Å². The molecule has 0 aliphatic carbocycles. The van der Waals surface area contributed by atoms with Crippen molar-refractivity contribution in [3.8, 4) is 0 Å². The van der Waals surface area contributed by atoms with Crippen molar-refractivity contribution in [1.82, 2.24) is 0 Å². The molecule has 0 saturated heterocycles. The normalized spacial score (nSPS) is 11.0. The third-order valence-electron chi connectivity index (χ3n) is 3.75. The average Bonchev–Trinajstić information content (AvgIpc) is 2.59. The number of nitrogens with one attached hydrogen (secondary N) is 2. The van der Waals surface area contributed by atoms with Gasteiger partial charge < -0.3 is 10.6 Å². The minimum absolute atomic E-state index is 0.0112. The van der Waals surface area contributed by atoms with Crippen molar-refractivity contribution in [1.29, 1.82) is 0 Å². The molecule has 28 heavy (non-hydrogen) atoms. The van der Waals surface area contributed by atoms with Gasteiger partial charge in [0.1, 0.15) is 0 Å². The summed E-state index contributed by atoms with van der Waals surface area (Å²) in [5, 5.41) is 5.71. The maximum Gasteiger partial charge on any atom is 0.234 e. The first-order valence-electron chi connectivity index (χ1n) is 9.06. The number of rotatable bonds is 7. The highest BCUT2D eigenvalue weighted by Crippen LogP contribution is 2.24. The van der Waals surface area contributed by atoms with Gasteiger partial charge in [-0.15, -0.1) is 11.8 Å². The summed E-state index contributed by atoms with van der Waals surface area (Å²) >= 11 is 1.39. The Hall–Kier alpha value is -2.60. The van der Waals surface area contributed by atoms with Gasteiger partial charge in [-0.25, -0.2) is 0 Å². The molecule has 2 N–H and O–H groups in total. The molecule has 2 aromatic carbocycles. The molecule has 0 aromatic heterocycles. The molecule has 2 amide bonds. The largest absolute Gasteiger partial charge is 0.326 e. The van der Waals surface area contributed by atoms with E-state index in [4.69, 9.17) is 0 Å². The molecule has 0 aliphatic heterocycles. The van der Waals surface area contributed by atoms with Gasteiger partial charge >= 0.3 is 0 Å². The van der Waals surface area contributed by atoms with Gasteiger partial charge in [-0.3, -0.25) is 14.4 Å². The van der Waals surface area contributed by atoms with E-state index in [1.807, 2.05) is 45.0 Å². The van der Waals surface area contributed by atoms with E-state index < -0.39 is 0 Å². The van der Waals surface area contributed by atoms with Crippen LogP contribution in [0.1, 0.15) is 44.5 Å². The van der Waals surface area contributed by atoms with Crippen LogP contribution < -0.4 is 10.6 Å². The Labute approximate surface area is 170 Å². The van der Waals surface area contributed by atoms with Gasteiger partial charge in [-0.2, -0.15) is 0 Å². The molecule has 0 heterocycles. The first kappa shape index (κ1) is 21.7. The SMILES string of the molecule is CC(=O)c1ccc(NC(=O)CSc2cccc(NC(=O)CC(C)(C)C)c2)cc1. The molecule has 0 spiro atoms. The van der Waals surface area contributed by atoms with Crippen LogP contribution in [0.15, 0.2) is 53.4 Å². The molecule has 2 rings (SSSR count). The predicted octanol–water partition coefficient (Wildman–Crippen LogP) is 4.99. The monoisotopic (exact) mass is 398 g/mol. The molecule has 2 aromatic rings. The van der Waals surface area contributed by atoms with Crippen LogP contribution in [-0.2, 0) is 9.59 Å². The summed E-state index contributed by atoms with van der Waals surface area (Å²) in [6.45, 7) is 7.56. The Morgan fingerprint density at radius 2 is 1.54 bits per heavy atom. The summed E-state index contributed by atoms with van der Waals surface area (Å²) in [7, 11) is 0. The van der Waals surface area contributed by atoms with E-state index in [0.717, 1.165) is 10.6 Å². The number of Topliss-reactive ketones (excluding diaryl/α,β-unsaturated/α-hetero) is 1. The second kappa shape index (κ2) is 9.55. The Bertz CT molecular complexity index is 855. The number of hydrogen-bond acceptors (Lipinski definition) is 4. The van der Waals surface area contributed by atoms with Gasteiger partial charge in [0.05, 0.1) is 5.75 Å². The van der Waals surface area contributed by atoms with Crippen molar-refractivity contribution in [3.63, 3.8) is 0 Å². The smallest absolute Gasteiger partial charge is 0.234 e. The summed E-state index contributed by atoms with van der Waals surface area (Å²) in [5.74, 6) is 0.0699. The number of carbonyl (C=O) groups is 3. The third-order valence-corrected chi connectivity index (χ3v) is 4.75. The predicted molar refractivity (Wildman–Crippen MR) is 115 cm³/mol. The number of benzene rings is 2. The van der Waals surface area contributed by atoms with Crippen molar-refractivity contribution in [3.05, 3.63) is 54.1 Å². The first-order chi connectivity index (χ1) is 13.1. The molecule has 0 saturated carbocycles. The standard InChI is InChI=1S/C22H26N2O3S/c1-15(25)16-8-10-17(11-9-16)23-21(27)14-28-19-7-5-6-18(12-19)24-20(26)13-22(2,3)4/h5-12H,13-14H2,1-4H3,(H,23,27)(H,24,26). The van der Waals surface area contributed by atoms with Crippen LogP contribution in [-0.4, -0.2) is 23.4 Å². The van der Waals surface area contributed by atoms with Crippen LogP contribution in [0.3, 0.4) is 0 Å². The summed E-state index contributed by atoms with van der Waals surface area (Å²) in [6.07, 6.45) is 0.440. The van der Waals surface area contributed by atoms with Crippen LogP contribution in [0.2, 0.25) is 0 Å². The fourth-order valence-electron chi connectivity index (χ4n) is 2.48. The minimum Gasteiger partial charge on any atom is -0.326 e. The van der Waals surface area contributed by atoms with Crippen LogP contribution >= 0.6 is 11.8 Å². The molecule has 0 atom stereocenters. The van der Waals surface area contributed by atoms with Gasteiger partial charge in [0.25, 0.3) is 0 Å². The Morgan fingerprint density at radius 1 is 0.893 bits per heavy atom. The highest BCUT2D eigenvalue weighted by Gasteiger charge is 2.16. The van der Waals surface area contributed by atoms with Crippen LogP contribution in [0, 0.1) is 5.41 Å². The number of carbonyl (C=O) groups excluding carboxylic acids is 3. The number of hydrogen-bond donors (Lipinski definition) is 2. The Balaban J connectivity index is 1.87. The van der Waals surface area contributed by atoms with Crippen molar-refractivity contribution in [2.45, 2.75) is 39.0 Å². The van der Waals surface area contributed by atoms with Gasteiger partial charge in [0, 0.05) is 28.3 Å². The third kappa shape index (κ3) is 7.56. The quantitative estimate of drug-likeness (QED) is 0.509. The Kier molecular flexibility index (Phi) is 7.40. The van der Waals surface area contributed by atoms with Crippen LogP contribution in [0.4, 0.5) is 11.4 Å². The maximum absolute atomic E-state index is 12.2. The topological polar surface area (TPSA) is 75.3 Å². The molecule has 5 nitrogen and oxygen atoms in total. The van der Waals surface area contributed by atoms with Crippen molar-refractivity contribution in [2.75, 3.05) is 16.4 Å². The highest BCUT2D eigenvalue weighted by molar-refractivity contribution is 8.00. The van der Waals surface area contributed by atoms with Crippen molar-refractivity contribution in [2.24, 2.45) is 5.41 Å². The van der Waals surface area contributed by atoms with Crippen molar-refractivity contribution < 1.29 is 14.4 Å². The van der Waals surface area contributed by atoms with E-state index in [1.165, 1.54) is 18.7 Å². The number of anilines is 2. The molecular weight excluding hydrogens is 372 g/mol. The van der Waals surface area contributed by atoms with Gasteiger partial charge in [0.15, 0.2) is 5.78 Å². The fraction of sp³-hybridized carbons (Fsp3) is 0.318. The van der Waals surface area contributed by atoms with Crippen LogP contribution in [0.25, 0.3) is 0 Å². The molecule has 0 unspecified atom stereocenters. The molecule has 0 bridgehead atoms. The van der Waals surface area contributed by atoms with Gasteiger partial charge in [0.2, 0.25) is 11.8 Å². The molecular formula is C22H26N2O3S. The van der Waals surface area contributed by atoms with E-state index in [1.54, 1.807) is 24.3 Å². The first-order valence-corrected chi connectivity index (χ1v) is 10.0. The second-order valence-electron chi connectivity index (χ2n) is 7.78. The molecule has 6 heteroatoms. The number of thioether (sulfide) groups is 1. The van der Waals surface area contributed by atoms with Crippen LogP contribution in [0.5, 0.6) is 0 Å². The Morgan fingerprint density at radius 3 is 2.14 bits per heavy atom. The number of ketones is 1. The minimum atomic E-state index is -0.136. The zero-order valence-corrected chi connectivity index (χ0v) is 17.5. The molecule has 0 aliphatic rings. The molecule has 148 valence electrons. The van der Waals surface area contributed by atoms with E-state index in [0.29, 0.717) is 17.7 Å². The summed E-state index contributed by atoms with van der Waals surface area (Å²) < 4.78 is 0. The van der Waals surface area contributed by atoms with E-state index in [2.05, 4.69) is 10.6 Å². The van der Waals surface area contributed by atoms with E-state index in [-0.39, 0.29) is 28.8 Å². The van der Waals surface area contributed by atoms with Gasteiger partial charge in [-0.05, 0) is 54.8 Å². The van der Waals surface area contributed by atoms with E-state index >= 15 is 0 Å². The fourth-order valence-corrected chi connectivity index (χ4v) is 3.24. The highest BCUT2D eigenvalue weighted by atomic mass is 32.2. The second-order valence-corrected chi connectivity index (χ2v) is 8.83. The summed E-state index contributed by atoms with van der Waals surface area (Å²) in [4.78, 5) is 36.4. The molecule has 0 fully saturated rings. The molecule has 0 radical (unpaired) electrons. The lowest BCUT2D eigenvalue weighted by molar-refractivity contribution is -0.118. The lowest BCUT2D eigenvalue weighted by atomic mass is 9.92. The van der Waals surface area contributed by atoms with E-state index in [9.17, 15) is 14.4 Å². The lowest BCUT2D eigenvalue weighted by Gasteiger charge is -2.17. The zero-order valence-electron chi connectivity index (χ0n) is 16.7. The zero-order chi connectivity index (χ0) is 20.7.